The second-order valence-corrected chi connectivity index (χ2v) is 4.05. The van der Waals surface area contributed by atoms with Crippen LogP contribution in [0.25, 0.3) is 6.08 Å². The Morgan fingerprint density at radius 1 is 1.64 bits per heavy atom. The quantitative estimate of drug-likeness (QED) is 0.360. The maximum absolute atomic E-state index is 11.1. The molecule has 0 spiro atoms. The minimum Gasteiger partial charge on any atom is -0.289 e. The zero-order chi connectivity index (χ0) is 10.4. The molecule has 1 aromatic rings. The third-order valence-electron chi connectivity index (χ3n) is 1.54. The van der Waals surface area contributed by atoms with Crippen LogP contribution in [0, 0.1) is 0 Å². The van der Waals surface area contributed by atoms with Gasteiger partial charge in [-0.1, -0.05) is 6.08 Å². The Morgan fingerprint density at radius 3 is 3.07 bits per heavy atom. The highest BCUT2D eigenvalue weighted by Crippen LogP contribution is 2.17. The van der Waals surface area contributed by atoms with Crippen LogP contribution in [0.5, 0.6) is 0 Å². The molecule has 0 radical (unpaired) electrons. The predicted octanol–water partition coefficient (Wildman–Crippen LogP) is 1.99. The Kier molecular flexibility index (Phi) is 4.65. The minimum atomic E-state index is -0.257. The van der Waals surface area contributed by atoms with E-state index in [4.69, 9.17) is 17.4 Å². The summed E-state index contributed by atoms with van der Waals surface area (Å²) in [6.45, 7) is 0. The molecule has 0 fully saturated rings. The summed E-state index contributed by atoms with van der Waals surface area (Å²) >= 11 is 6.91. The SMILES string of the molecule is NNC(=O)c1ccc(C=CCCCl)s1. The zero-order valence-electron chi connectivity index (χ0n) is 7.50. The lowest BCUT2D eigenvalue weighted by atomic mass is 10.3. The van der Waals surface area contributed by atoms with E-state index in [0.29, 0.717) is 10.8 Å². The van der Waals surface area contributed by atoms with Crippen molar-refractivity contribution in [2.24, 2.45) is 5.84 Å². The second-order valence-electron chi connectivity index (χ2n) is 2.56. The van der Waals surface area contributed by atoms with Crippen molar-refractivity contribution >= 4 is 34.9 Å². The van der Waals surface area contributed by atoms with Gasteiger partial charge in [0.05, 0.1) is 4.88 Å². The molecule has 1 amide bonds. The average molecular weight is 231 g/mol. The Hall–Kier alpha value is -0.840. The number of hydrogen-bond donors (Lipinski definition) is 2. The molecule has 1 rings (SSSR count). The lowest BCUT2D eigenvalue weighted by Crippen LogP contribution is -2.29. The van der Waals surface area contributed by atoms with E-state index in [1.807, 2.05) is 18.2 Å². The van der Waals surface area contributed by atoms with E-state index in [1.165, 1.54) is 11.3 Å². The van der Waals surface area contributed by atoms with Gasteiger partial charge in [-0.15, -0.1) is 22.9 Å². The first-order valence-electron chi connectivity index (χ1n) is 4.11. The molecular formula is C9H11ClN2OS. The van der Waals surface area contributed by atoms with Crippen LogP contribution in [-0.4, -0.2) is 11.8 Å². The van der Waals surface area contributed by atoms with Gasteiger partial charge in [0.2, 0.25) is 0 Å². The summed E-state index contributed by atoms with van der Waals surface area (Å²) in [6, 6.07) is 3.62. The second kappa shape index (κ2) is 5.80. The zero-order valence-corrected chi connectivity index (χ0v) is 9.07. The summed E-state index contributed by atoms with van der Waals surface area (Å²) in [5, 5.41) is 0. The molecule has 0 aliphatic rings. The first-order chi connectivity index (χ1) is 6.77. The normalized spacial score (nSPS) is 10.7. The van der Waals surface area contributed by atoms with Gasteiger partial charge in [0.15, 0.2) is 0 Å². The molecule has 0 bridgehead atoms. The number of amides is 1. The van der Waals surface area contributed by atoms with Crippen LogP contribution in [0.15, 0.2) is 18.2 Å². The molecule has 0 saturated carbocycles. The molecule has 0 unspecified atom stereocenters. The maximum atomic E-state index is 11.1. The summed E-state index contributed by atoms with van der Waals surface area (Å²) in [6.07, 6.45) is 4.75. The first kappa shape index (κ1) is 11.2. The van der Waals surface area contributed by atoms with Crippen molar-refractivity contribution < 1.29 is 4.79 Å². The standard InChI is InChI=1S/C9H11ClN2OS/c10-6-2-1-3-7-4-5-8(14-7)9(13)12-11/h1,3-5H,2,6,11H2,(H,12,13). The van der Waals surface area contributed by atoms with Gasteiger partial charge < -0.3 is 0 Å². The van der Waals surface area contributed by atoms with Gasteiger partial charge >= 0.3 is 0 Å². The molecule has 1 heterocycles. The van der Waals surface area contributed by atoms with Crippen molar-refractivity contribution in [3.05, 3.63) is 28.0 Å². The lowest BCUT2D eigenvalue weighted by molar-refractivity contribution is 0.0957. The van der Waals surface area contributed by atoms with Gasteiger partial charge in [0.25, 0.3) is 5.91 Å². The number of nitrogens with one attached hydrogen (secondary N) is 1. The number of rotatable bonds is 4. The van der Waals surface area contributed by atoms with Crippen molar-refractivity contribution in [2.45, 2.75) is 6.42 Å². The molecule has 1 aromatic heterocycles. The molecule has 14 heavy (non-hydrogen) atoms. The van der Waals surface area contributed by atoms with E-state index in [1.54, 1.807) is 6.07 Å². The lowest BCUT2D eigenvalue weighted by Gasteiger charge is -1.91. The number of halogens is 1. The number of thiophene rings is 1. The molecule has 0 atom stereocenters. The Bertz CT molecular complexity index is 335. The van der Waals surface area contributed by atoms with E-state index in [0.717, 1.165) is 11.3 Å². The number of carbonyl (C=O) groups excluding carboxylic acids is 1. The number of nitrogen functional groups attached to an aromatic ring is 1. The largest absolute Gasteiger partial charge is 0.289 e. The van der Waals surface area contributed by atoms with Crippen LogP contribution in [-0.2, 0) is 0 Å². The average Bonchev–Trinajstić information content (AvgIpc) is 2.66. The van der Waals surface area contributed by atoms with Crippen molar-refractivity contribution in [1.29, 1.82) is 0 Å². The van der Waals surface area contributed by atoms with Crippen LogP contribution in [0.1, 0.15) is 21.0 Å². The number of nitrogens with two attached hydrogens (primary N) is 1. The van der Waals surface area contributed by atoms with Crippen LogP contribution in [0.4, 0.5) is 0 Å². The molecule has 0 aliphatic heterocycles. The molecule has 0 aliphatic carbocycles. The molecule has 3 nitrogen and oxygen atoms in total. The van der Waals surface area contributed by atoms with Gasteiger partial charge in [0.1, 0.15) is 0 Å². The van der Waals surface area contributed by atoms with Gasteiger partial charge in [-0.2, -0.15) is 0 Å². The highest BCUT2D eigenvalue weighted by atomic mass is 35.5. The van der Waals surface area contributed by atoms with E-state index in [2.05, 4.69) is 5.43 Å². The first-order valence-corrected chi connectivity index (χ1v) is 5.46. The van der Waals surface area contributed by atoms with Crippen LogP contribution >= 0.6 is 22.9 Å². The number of hydrazine groups is 1. The Balaban J connectivity index is 2.63. The molecule has 3 N–H and O–H groups in total. The summed E-state index contributed by atoms with van der Waals surface area (Å²) in [5.74, 6) is 5.36. The number of carbonyl (C=O) groups is 1. The van der Waals surface area contributed by atoms with E-state index in [-0.39, 0.29) is 5.91 Å². The van der Waals surface area contributed by atoms with Crippen LogP contribution in [0.3, 0.4) is 0 Å². The Morgan fingerprint density at radius 2 is 2.43 bits per heavy atom. The number of alkyl halides is 1. The van der Waals surface area contributed by atoms with Gasteiger partial charge in [-0.25, -0.2) is 5.84 Å². The fraction of sp³-hybridized carbons (Fsp3) is 0.222. The highest BCUT2D eigenvalue weighted by molar-refractivity contribution is 7.14. The third kappa shape index (κ3) is 3.14. The fourth-order valence-electron chi connectivity index (χ4n) is 0.898. The number of allylic oxidation sites excluding steroid dienone is 1. The highest BCUT2D eigenvalue weighted by Gasteiger charge is 2.05. The van der Waals surface area contributed by atoms with Crippen molar-refractivity contribution in [2.75, 3.05) is 5.88 Å². The van der Waals surface area contributed by atoms with Crippen LogP contribution < -0.4 is 11.3 Å². The monoisotopic (exact) mass is 230 g/mol. The third-order valence-corrected chi connectivity index (χ3v) is 2.81. The summed E-state index contributed by atoms with van der Waals surface area (Å²) in [4.78, 5) is 12.7. The molecule has 0 saturated heterocycles. The summed E-state index contributed by atoms with van der Waals surface area (Å²) in [7, 11) is 0. The molecular weight excluding hydrogens is 220 g/mol. The maximum Gasteiger partial charge on any atom is 0.275 e. The van der Waals surface area contributed by atoms with Crippen molar-refractivity contribution in [3.8, 4) is 0 Å². The predicted molar refractivity (Wildman–Crippen MR) is 60.3 cm³/mol. The van der Waals surface area contributed by atoms with Crippen LogP contribution in [0.2, 0.25) is 0 Å². The van der Waals surface area contributed by atoms with Gasteiger partial charge in [-0.3, -0.25) is 10.2 Å². The van der Waals surface area contributed by atoms with Gasteiger partial charge in [0, 0.05) is 10.8 Å². The van der Waals surface area contributed by atoms with E-state index >= 15 is 0 Å². The van der Waals surface area contributed by atoms with Gasteiger partial charge in [-0.05, 0) is 24.6 Å². The molecule has 0 aromatic carbocycles. The summed E-state index contributed by atoms with van der Waals surface area (Å²) < 4.78 is 0. The molecule has 76 valence electrons. The smallest absolute Gasteiger partial charge is 0.275 e. The van der Waals surface area contributed by atoms with Crippen molar-refractivity contribution in [1.82, 2.24) is 5.43 Å². The Labute approximate surface area is 91.5 Å². The molecule has 5 heteroatoms. The number of hydrogen-bond acceptors (Lipinski definition) is 3. The van der Waals surface area contributed by atoms with E-state index in [9.17, 15) is 4.79 Å². The van der Waals surface area contributed by atoms with Crippen molar-refractivity contribution in [3.63, 3.8) is 0 Å². The summed E-state index contributed by atoms with van der Waals surface area (Å²) in [5.41, 5.74) is 2.09. The fourth-order valence-corrected chi connectivity index (χ4v) is 1.87. The van der Waals surface area contributed by atoms with E-state index < -0.39 is 0 Å². The minimum absolute atomic E-state index is 0.257. The topological polar surface area (TPSA) is 55.1 Å².